The van der Waals surface area contributed by atoms with Gasteiger partial charge in [-0.15, -0.1) is 0 Å². The Morgan fingerprint density at radius 2 is 1.90 bits per heavy atom. The maximum Gasteiger partial charge on any atom is 0.440 e. The van der Waals surface area contributed by atoms with Gasteiger partial charge in [0.25, 0.3) is 5.91 Å². The molecule has 1 aromatic carbocycles. The molecule has 0 spiro atoms. The van der Waals surface area contributed by atoms with Crippen molar-refractivity contribution in [3.05, 3.63) is 30.3 Å². The first-order valence-corrected chi connectivity index (χ1v) is 12.6. The lowest BCUT2D eigenvalue weighted by Gasteiger charge is -2.33. The quantitative estimate of drug-likeness (QED) is 0.524. The monoisotopic (exact) mass is 458 g/mol. The van der Waals surface area contributed by atoms with Crippen LogP contribution in [0.25, 0.3) is 0 Å². The summed E-state index contributed by atoms with van der Waals surface area (Å²) in [6.07, 6.45) is -1.13. The highest BCUT2D eigenvalue weighted by Gasteiger charge is 2.41. The first-order valence-electron chi connectivity index (χ1n) is 9.47. The molecule has 1 aliphatic rings. The molecule has 0 aliphatic carbocycles. The fraction of sp³-hybridized carbons (Fsp3) is 0.526. The maximum atomic E-state index is 13.4. The lowest BCUT2D eigenvalue weighted by molar-refractivity contribution is -0.162. The summed E-state index contributed by atoms with van der Waals surface area (Å²) in [7, 11) is 0. The summed E-state index contributed by atoms with van der Waals surface area (Å²) in [6, 6.07) is 8.57. The van der Waals surface area contributed by atoms with E-state index in [0.717, 1.165) is 11.4 Å². The minimum absolute atomic E-state index is 0.0678. The lowest BCUT2D eigenvalue weighted by Crippen LogP contribution is -2.49. The number of esters is 1. The van der Waals surface area contributed by atoms with E-state index in [0.29, 0.717) is 11.5 Å². The van der Waals surface area contributed by atoms with Gasteiger partial charge in [0.15, 0.2) is 6.10 Å². The number of nitrogens with one attached hydrogen (secondary N) is 2. The van der Waals surface area contributed by atoms with Crippen LogP contribution in [0.1, 0.15) is 27.2 Å². The Kier molecular flexibility index (Phi) is 8.76. The van der Waals surface area contributed by atoms with Crippen LogP contribution in [0.15, 0.2) is 30.3 Å². The molecule has 0 radical (unpaired) electrons. The van der Waals surface area contributed by atoms with Gasteiger partial charge in [-0.25, -0.2) is 4.57 Å². The second-order valence-corrected chi connectivity index (χ2v) is 11.4. The smallest absolute Gasteiger partial charge is 0.440 e. The molecular weight excluding hydrogens is 431 g/mol. The highest BCUT2D eigenvalue weighted by Crippen LogP contribution is 2.60. The fourth-order valence-electron chi connectivity index (χ4n) is 2.58. The Morgan fingerprint density at radius 1 is 1.20 bits per heavy atom. The molecule has 1 heterocycles. The number of hydrogen-bond donors (Lipinski definition) is 2. The molecule has 1 fully saturated rings. The van der Waals surface area contributed by atoms with E-state index < -0.39 is 30.2 Å². The van der Waals surface area contributed by atoms with Gasteiger partial charge >= 0.3 is 12.8 Å². The summed E-state index contributed by atoms with van der Waals surface area (Å²) >= 11 is 0.952. The molecule has 9 nitrogen and oxygen atoms in total. The summed E-state index contributed by atoms with van der Waals surface area (Å²) in [4.78, 5) is 36.1. The minimum Gasteiger partial charge on any atom is -0.452 e. The second-order valence-electron chi connectivity index (χ2n) is 7.33. The molecule has 0 aromatic heterocycles. The molecule has 2 N–H and O–H groups in total. The van der Waals surface area contributed by atoms with Gasteiger partial charge in [-0.2, -0.15) is 0 Å². The first kappa shape index (κ1) is 24.2. The standard InChI is InChI=1S/C19H27N2O7PS/c1-14(22)27-17-18(24)21-10-9-16(23)20-11-12-30-29(25,26-13-19(17,2)3)28-15-7-5-4-6-8-15/h4-8,17H,9-13H2,1-3H3,(H,20,23)(H,21,24)/t17-,29?/m0/s1. The highest BCUT2D eigenvalue weighted by atomic mass is 32.7. The van der Waals surface area contributed by atoms with Gasteiger partial charge in [0.05, 0.1) is 6.61 Å². The zero-order valence-corrected chi connectivity index (χ0v) is 18.9. The predicted molar refractivity (Wildman–Crippen MR) is 113 cm³/mol. The van der Waals surface area contributed by atoms with Crippen molar-refractivity contribution in [1.29, 1.82) is 0 Å². The van der Waals surface area contributed by atoms with Crippen LogP contribution in [-0.2, 0) is 28.2 Å². The largest absolute Gasteiger partial charge is 0.452 e. The van der Waals surface area contributed by atoms with Crippen LogP contribution in [0.5, 0.6) is 5.75 Å². The zero-order valence-electron chi connectivity index (χ0n) is 17.2. The number of rotatable bonds is 3. The van der Waals surface area contributed by atoms with E-state index in [-0.39, 0.29) is 32.0 Å². The molecule has 0 bridgehead atoms. The molecule has 2 amide bonds. The number of carbonyl (C=O) groups excluding carboxylic acids is 3. The maximum absolute atomic E-state index is 13.4. The van der Waals surface area contributed by atoms with Crippen LogP contribution in [-0.4, -0.2) is 49.3 Å². The van der Waals surface area contributed by atoms with Crippen LogP contribution < -0.4 is 15.2 Å². The van der Waals surface area contributed by atoms with Crippen LogP contribution in [0, 0.1) is 5.41 Å². The van der Waals surface area contributed by atoms with Crippen LogP contribution in [0.3, 0.4) is 0 Å². The van der Waals surface area contributed by atoms with Crippen molar-refractivity contribution in [2.75, 3.05) is 25.4 Å². The molecule has 11 heteroatoms. The summed E-state index contributed by atoms with van der Waals surface area (Å²) in [5, 5.41) is 5.28. The normalized spacial score (nSPS) is 25.9. The van der Waals surface area contributed by atoms with Gasteiger partial charge in [-0.3, -0.25) is 18.9 Å². The Bertz CT molecular complexity index is 803. The first-order chi connectivity index (χ1) is 14.1. The van der Waals surface area contributed by atoms with E-state index in [1.54, 1.807) is 44.2 Å². The van der Waals surface area contributed by atoms with Crippen molar-refractivity contribution < 1.29 is 32.7 Å². The average molecular weight is 458 g/mol. The highest BCUT2D eigenvalue weighted by molar-refractivity contribution is 8.55. The molecular formula is C19H27N2O7PS. The third kappa shape index (κ3) is 7.66. The number of carbonyl (C=O) groups is 3. The van der Waals surface area contributed by atoms with Gasteiger partial charge in [-0.05, 0) is 23.5 Å². The number of para-hydroxylation sites is 1. The van der Waals surface area contributed by atoms with Crippen molar-refractivity contribution in [2.24, 2.45) is 5.41 Å². The third-order valence-electron chi connectivity index (χ3n) is 4.11. The summed E-state index contributed by atoms with van der Waals surface area (Å²) in [5.41, 5.74) is -1.02. The Balaban J connectivity index is 2.26. The summed E-state index contributed by atoms with van der Waals surface area (Å²) in [6.45, 7) is 1.02. The van der Waals surface area contributed by atoms with Crippen molar-refractivity contribution in [3.8, 4) is 5.75 Å². The van der Waals surface area contributed by atoms with E-state index in [1.165, 1.54) is 6.92 Å². The Morgan fingerprint density at radius 3 is 2.57 bits per heavy atom. The number of amides is 2. The van der Waals surface area contributed by atoms with Crippen molar-refractivity contribution in [2.45, 2.75) is 33.3 Å². The average Bonchev–Trinajstić information content (AvgIpc) is 2.68. The lowest BCUT2D eigenvalue weighted by atomic mass is 9.86. The van der Waals surface area contributed by atoms with Crippen molar-refractivity contribution in [3.63, 3.8) is 0 Å². The van der Waals surface area contributed by atoms with Gasteiger partial charge in [0, 0.05) is 37.6 Å². The van der Waals surface area contributed by atoms with E-state index >= 15 is 0 Å². The Hall–Kier alpha value is -2.03. The molecule has 1 unspecified atom stereocenters. The fourth-order valence-corrected chi connectivity index (χ4v) is 5.79. The van der Waals surface area contributed by atoms with E-state index in [2.05, 4.69) is 10.6 Å². The topological polar surface area (TPSA) is 120 Å². The molecule has 30 heavy (non-hydrogen) atoms. The van der Waals surface area contributed by atoms with E-state index in [1.807, 2.05) is 0 Å². The number of ether oxygens (including phenoxy) is 1. The summed E-state index contributed by atoms with van der Waals surface area (Å²) in [5.74, 6) is -0.799. The van der Waals surface area contributed by atoms with Gasteiger partial charge in [0.2, 0.25) is 5.91 Å². The molecule has 166 valence electrons. The van der Waals surface area contributed by atoms with Crippen molar-refractivity contribution in [1.82, 2.24) is 10.6 Å². The number of hydrogen-bond acceptors (Lipinski definition) is 8. The van der Waals surface area contributed by atoms with Gasteiger partial charge in [0.1, 0.15) is 5.75 Å². The van der Waals surface area contributed by atoms with E-state index in [9.17, 15) is 18.9 Å². The third-order valence-corrected chi connectivity index (χ3v) is 7.73. The molecule has 1 aromatic rings. The van der Waals surface area contributed by atoms with Crippen LogP contribution in [0.2, 0.25) is 0 Å². The van der Waals surface area contributed by atoms with Gasteiger partial charge in [-0.1, -0.05) is 32.0 Å². The zero-order chi connectivity index (χ0) is 22.2. The van der Waals surface area contributed by atoms with Crippen LogP contribution >= 0.6 is 18.2 Å². The van der Waals surface area contributed by atoms with Crippen LogP contribution in [0.4, 0.5) is 0 Å². The van der Waals surface area contributed by atoms with E-state index in [4.69, 9.17) is 13.8 Å². The summed E-state index contributed by atoms with van der Waals surface area (Å²) < 4.78 is 29.9. The van der Waals surface area contributed by atoms with Gasteiger partial charge < -0.3 is 19.9 Å². The molecule has 1 aliphatic heterocycles. The molecule has 1 saturated heterocycles. The molecule has 2 atom stereocenters. The van der Waals surface area contributed by atoms with Crippen molar-refractivity contribution >= 4 is 36.0 Å². The number of benzene rings is 1. The molecule has 0 saturated carbocycles. The minimum atomic E-state index is -3.70. The molecule has 2 rings (SSSR count). The Labute approximate surface area is 179 Å². The SMILES string of the molecule is CC(=O)O[C@H]1C(=O)NCCC(=O)NCCSP(=O)(Oc2ccccc2)OCC1(C)C. The predicted octanol–water partition coefficient (Wildman–Crippen LogP) is 2.52. The second kappa shape index (κ2) is 10.8.